The van der Waals surface area contributed by atoms with Crippen LogP contribution in [-0.2, 0) is 17.4 Å². The molecule has 2 rings (SSSR count). The summed E-state index contributed by atoms with van der Waals surface area (Å²) in [7, 11) is 0. The lowest BCUT2D eigenvalue weighted by molar-refractivity contribution is -0.137. The zero-order valence-electron chi connectivity index (χ0n) is 12.5. The minimum absolute atomic E-state index is 0.0153. The number of amides is 1. The number of anilines is 1. The van der Waals surface area contributed by atoms with Crippen LogP contribution in [0.5, 0.6) is 5.75 Å². The Morgan fingerprint density at radius 3 is 2.35 bits per heavy atom. The Balaban J connectivity index is 2.05. The first-order valence-electron chi connectivity index (χ1n) is 7.08. The number of alkyl halides is 3. The predicted molar refractivity (Wildman–Crippen MR) is 81.4 cm³/mol. The summed E-state index contributed by atoms with van der Waals surface area (Å²) < 4.78 is 43.9. The summed E-state index contributed by atoms with van der Waals surface area (Å²) in [5.74, 6) is 0.171. The molecule has 0 radical (unpaired) electrons. The molecule has 0 aromatic heterocycles. The van der Waals surface area contributed by atoms with Gasteiger partial charge < -0.3 is 10.1 Å². The molecule has 0 saturated heterocycles. The van der Waals surface area contributed by atoms with Gasteiger partial charge in [0.2, 0.25) is 5.91 Å². The van der Waals surface area contributed by atoms with Crippen molar-refractivity contribution in [3.8, 4) is 5.75 Å². The second kappa shape index (κ2) is 7.17. The van der Waals surface area contributed by atoms with Crippen LogP contribution in [0.15, 0.2) is 48.5 Å². The van der Waals surface area contributed by atoms with Gasteiger partial charge in [-0.25, -0.2) is 0 Å². The first-order chi connectivity index (χ1) is 10.9. The van der Waals surface area contributed by atoms with E-state index in [0.717, 1.165) is 6.07 Å². The average molecular weight is 323 g/mol. The first-order valence-corrected chi connectivity index (χ1v) is 7.08. The van der Waals surface area contributed by atoms with Crippen molar-refractivity contribution in [3.05, 3.63) is 59.7 Å². The van der Waals surface area contributed by atoms with Gasteiger partial charge in [0.25, 0.3) is 0 Å². The molecule has 0 unspecified atom stereocenters. The van der Waals surface area contributed by atoms with E-state index >= 15 is 0 Å². The number of rotatable bonds is 5. The average Bonchev–Trinajstić information content (AvgIpc) is 2.49. The summed E-state index contributed by atoms with van der Waals surface area (Å²) in [5.41, 5.74) is -0.411. The van der Waals surface area contributed by atoms with Crippen LogP contribution >= 0.6 is 0 Å². The fraction of sp³-hybridized carbons (Fsp3) is 0.235. The molecular formula is C17H16F3NO2. The van der Waals surface area contributed by atoms with Crippen molar-refractivity contribution in [1.29, 1.82) is 0 Å². The highest BCUT2D eigenvalue weighted by molar-refractivity contribution is 5.93. The second-order valence-electron chi connectivity index (χ2n) is 4.85. The van der Waals surface area contributed by atoms with Gasteiger partial charge in [-0.2, -0.15) is 13.2 Å². The predicted octanol–water partition coefficient (Wildman–Crippen LogP) is 4.29. The summed E-state index contributed by atoms with van der Waals surface area (Å²) in [6, 6.07) is 11.8. The molecule has 3 nitrogen and oxygen atoms in total. The van der Waals surface area contributed by atoms with Gasteiger partial charge in [-0.1, -0.05) is 24.3 Å². The lowest BCUT2D eigenvalue weighted by Crippen LogP contribution is -2.18. The molecule has 1 amide bonds. The number of benzene rings is 2. The Hall–Kier alpha value is -2.50. The lowest BCUT2D eigenvalue weighted by atomic mass is 10.1. The smallest absolute Gasteiger partial charge is 0.418 e. The molecule has 23 heavy (non-hydrogen) atoms. The summed E-state index contributed by atoms with van der Waals surface area (Å²) in [6.07, 6.45) is -4.53. The number of hydrogen-bond acceptors (Lipinski definition) is 2. The third kappa shape index (κ3) is 4.74. The molecule has 0 aliphatic heterocycles. The molecule has 0 saturated carbocycles. The van der Waals surface area contributed by atoms with E-state index in [1.807, 2.05) is 6.92 Å². The zero-order chi connectivity index (χ0) is 16.9. The van der Waals surface area contributed by atoms with E-state index in [1.165, 1.54) is 18.2 Å². The van der Waals surface area contributed by atoms with E-state index in [9.17, 15) is 18.0 Å². The van der Waals surface area contributed by atoms with Crippen LogP contribution in [0.2, 0.25) is 0 Å². The van der Waals surface area contributed by atoms with Gasteiger partial charge in [-0.05, 0) is 36.8 Å². The van der Waals surface area contributed by atoms with Gasteiger partial charge in [-0.3, -0.25) is 4.79 Å². The van der Waals surface area contributed by atoms with Crippen molar-refractivity contribution in [3.63, 3.8) is 0 Å². The van der Waals surface area contributed by atoms with E-state index in [2.05, 4.69) is 5.32 Å². The summed E-state index contributed by atoms with van der Waals surface area (Å²) >= 11 is 0. The standard InChI is InChI=1S/C17H16F3NO2/c1-2-23-13-9-7-12(8-10-13)11-16(22)21-15-6-4-3-5-14(15)17(18,19)20/h3-10H,2,11H2,1H3,(H,21,22). The third-order valence-electron chi connectivity index (χ3n) is 3.11. The van der Waals surface area contributed by atoms with Crippen molar-refractivity contribution in [2.24, 2.45) is 0 Å². The molecule has 0 spiro atoms. The maximum atomic E-state index is 12.9. The van der Waals surface area contributed by atoms with Crippen LogP contribution in [0.25, 0.3) is 0 Å². The first kappa shape index (κ1) is 16.9. The molecule has 2 aromatic rings. The number of halogens is 3. The topological polar surface area (TPSA) is 38.3 Å². The fourth-order valence-corrected chi connectivity index (χ4v) is 2.09. The number of carbonyl (C=O) groups excluding carboxylic acids is 1. The quantitative estimate of drug-likeness (QED) is 0.891. The Morgan fingerprint density at radius 2 is 1.74 bits per heavy atom. The molecule has 6 heteroatoms. The van der Waals surface area contributed by atoms with E-state index in [1.54, 1.807) is 24.3 Å². The van der Waals surface area contributed by atoms with Gasteiger partial charge in [0.15, 0.2) is 0 Å². The van der Waals surface area contributed by atoms with E-state index in [0.29, 0.717) is 17.9 Å². The molecule has 0 heterocycles. The fourth-order valence-electron chi connectivity index (χ4n) is 2.09. The molecule has 0 bridgehead atoms. The van der Waals surface area contributed by atoms with Crippen LogP contribution < -0.4 is 10.1 Å². The molecular weight excluding hydrogens is 307 g/mol. The highest BCUT2D eigenvalue weighted by Crippen LogP contribution is 2.34. The minimum Gasteiger partial charge on any atom is -0.494 e. The Morgan fingerprint density at radius 1 is 1.09 bits per heavy atom. The Bertz CT molecular complexity index is 666. The highest BCUT2D eigenvalue weighted by atomic mass is 19.4. The van der Waals surface area contributed by atoms with Gasteiger partial charge in [-0.15, -0.1) is 0 Å². The van der Waals surface area contributed by atoms with E-state index in [4.69, 9.17) is 4.74 Å². The van der Waals surface area contributed by atoms with Gasteiger partial charge in [0.05, 0.1) is 24.3 Å². The van der Waals surface area contributed by atoms with Crippen LogP contribution in [0.3, 0.4) is 0 Å². The van der Waals surface area contributed by atoms with Crippen molar-refractivity contribution in [2.75, 3.05) is 11.9 Å². The Kier molecular flexibility index (Phi) is 5.26. The van der Waals surface area contributed by atoms with Gasteiger partial charge in [0.1, 0.15) is 5.75 Å². The maximum Gasteiger partial charge on any atom is 0.418 e. The van der Waals surface area contributed by atoms with Crippen LogP contribution in [0.1, 0.15) is 18.1 Å². The normalized spacial score (nSPS) is 11.1. The largest absolute Gasteiger partial charge is 0.494 e. The zero-order valence-corrected chi connectivity index (χ0v) is 12.5. The molecule has 0 fully saturated rings. The van der Waals surface area contributed by atoms with Gasteiger partial charge >= 0.3 is 6.18 Å². The van der Waals surface area contributed by atoms with E-state index < -0.39 is 17.6 Å². The van der Waals surface area contributed by atoms with Gasteiger partial charge in [0, 0.05) is 0 Å². The summed E-state index contributed by atoms with van der Waals surface area (Å²) in [4.78, 5) is 12.0. The van der Waals surface area contributed by atoms with Crippen LogP contribution in [-0.4, -0.2) is 12.5 Å². The van der Waals surface area contributed by atoms with Crippen LogP contribution in [0.4, 0.5) is 18.9 Å². The minimum atomic E-state index is -4.51. The highest BCUT2D eigenvalue weighted by Gasteiger charge is 2.33. The molecule has 1 N–H and O–H groups in total. The van der Waals surface area contributed by atoms with Crippen LogP contribution in [0, 0.1) is 0 Å². The second-order valence-corrected chi connectivity index (χ2v) is 4.85. The molecule has 122 valence electrons. The summed E-state index contributed by atoms with van der Waals surface area (Å²) in [6.45, 7) is 2.40. The van der Waals surface area contributed by atoms with E-state index in [-0.39, 0.29) is 12.1 Å². The monoisotopic (exact) mass is 323 g/mol. The number of para-hydroxylation sites is 1. The maximum absolute atomic E-state index is 12.9. The molecule has 2 aromatic carbocycles. The summed E-state index contributed by atoms with van der Waals surface area (Å²) in [5, 5.41) is 2.32. The lowest BCUT2D eigenvalue weighted by Gasteiger charge is -2.13. The third-order valence-corrected chi connectivity index (χ3v) is 3.11. The molecule has 0 atom stereocenters. The molecule has 0 aliphatic rings. The van der Waals surface area contributed by atoms with Crippen molar-refractivity contribution in [1.82, 2.24) is 0 Å². The van der Waals surface area contributed by atoms with Crippen molar-refractivity contribution < 1.29 is 22.7 Å². The number of hydrogen-bond donors (Lipinski definition) is 1. The number of carbonyl (C=O) groups is 1. The van der Waals surface area contributed by atoms with Crippen molar-refractivity contribution >= 4 is 11.6 Å². The Labute approximate surface area is 132 Å². The molecule has 0 aliphatic carbocycles. The van der Waals surface area contributed by atoms with Crippen molar-refractivity contribution in [2.45, 2.75) is 19.5 Å². The number of nitrogens with one attached hydrogen (secondary N) is 1. The SMILES string of the molecule is CCOc1ccc(CC(=O)Nc2ccccc2C(F)(F)F)cc1. The number of ether oxygens (including phenoxy) is 1.